The van der Waals surface area contributed by atoms with Crippen LogP contribution in [-0.2, 0) is 35.9 Å². The quantitative estimate of drug-likeness (QED) is 0.158. The van der Waals surface area contributed by atoms with E-state index in [4.69, 9.17) is 9.47 Å². The van der Waals surface area contributed by atoms with Gasteiger partial charge in [0.15, 0.2) is 0 Å². The highest BCUT2D eigenvalue weighted by molar-refractivity contribution is 6.38. The van der Waals surface area contributed by atoms with Gasteiger partial charge < -0.3 is 14.6 Å². The third-order valence-electron chi connectivity index (χ3n) is 10.7. The number of phenolic OH excluding ortho intramolecular Hbond substituents is 1. The summed E-state index contributed by atoms with van der Waals surface area (Å²) in [5.41, 5.74) is 9.83. The highest BCUT2D eigenvalue weighted by Crippen LogP contribution is 2.52. The molecule has 3 nitrogen and oxygen atoms in total. The number of hydrogen-bond acceptors (Lipinski definition) is 3. The zero-order chi connectivity index (χ0) is 30.8. The van der Waals surface area contributed by atoms with Crippen LogP contribution in [0.1, 0.15) is 22.3 Å². The number of aromatic hydroxyl groups is 1. The van der Waals surface area contributed by atoms with Crippen molar-refractivity contribution in [2.24, 2.45) is 0 Å². The largest absolute Gasteiger partial charge is 0.508 e. The first kappa shape index (κ1) is 25.7. The number of ether oxygens (including phenoxy) is 2. The van der Waals surface area contributed by atoms with Crippen molar-refractivity contribution >= 4 is 64.6 Å². The van der Waals surface area contributed by atoms with Crippen molar-refractivity contribution in [2.45, 2.75) is 26.4 Å². The second-order valence-corrected chi connectivity index (χ2v) is 13.1. The molecule has 0 fully saturated rings. The molecule has 47 heavy (non-hydrogen) atoms. The Balaban J connectivity index is 1.40. The Hall–Kier alpha value is -5.48. The topological polar surface area (TPSA) is 38.7 Å². The van der Waals surface area contributed by atoms with Crippen molar-refractivity contribution in [3.8, 4) is 28.0 Å². The molecule has 2 aliphatic rings. The Bertz CT molecular complexity index is 2730. The van der Waals surface area contributed by atoms with E-state index in [1.165, 1.54) is 104 Å². The Morgan fingerprint density at radius 2 is 0.872 bits per heavy atom. The molecule has 0 saturated carbocycles. The Morgan fingerprint density at radius 3 is 1.47 bits per heavy atom. The zero-order valence-electron chi connectivity index (χ0n) is 25.6. The van der Waals surface area contributed by atoms with Crippen molar-refractivity contribution in [2.75, 3.05) is 0 Å². The van der Waals surface area contributed by atoms with Crippen molar-refractivity contribution in [3.05, 3.63) is 138 Å². The summed E-state index contributed by atoms with van der Waals surface area (Å²) >= 11 is 0. The molecule has 0 spiro atoms. The van der Waals surface area contributed by atoms with Gasteiger partial charge in [-0.25, -0.2) is 0 Å². The average Bonchev–Trinajstić information content (AvgIpc) is 3.12. The van der Waals surface area contributed by atoms with Crippen LogP contribution in [0.15, 0.2) is 115 Å². The lowest BCUT2D eigenvalue weighted by atomic mass is 9.79. The number of fused-ring (bicyclic) bond motifs is 4. The Labute approximate surface area is 270 Å². The van der Waals surface area contributed by atoms with E-state index >= 15 is 0 Å². The highest BCUT2D eigenvalue weighted by atomic mass is 16.5. The molecule has 11 rings (SSSR count). The van der Waals surface area contributed by atoms with Gasteiger partial charge in [0.25, 0.3) is 0 Å². The molecule has 0 radical (unpaired) electrons. The molecular weight excluding hydrogens is 576 g/mol. The highest BCUT2D eigenvalue weighted by Gasteiger charge is 2.27. The van der Waals surface area contributed by atoms with Gasteiger partial charge in [0.2, 0.25) is 0 Å². The van der Waals surface area contributed by atoms with Crippen LogP contribution in [0.4, 0.5) is 0 Å². The maximum atomic E-state index is 10.1. The zero-order valence-corrected chi connectivity index (χ0v) is 25.6. The van der Waals surface area contributed by atoms with E-state index in [2.05, 4.69) is 91.0 Å². The first-order valence-corrected chi connectivity index (χ1v) is 16.3. The van der Waals surface area contributed by atoms with Gasteiger partial charge in [-0.1, -0.05) is 97.1 Å². The fourth-order valence-electron chi connectivity index (χ4n) is 8.88. The fraction of sp³-hybridized carbons (Fsp3) is 0.0909. The second kappa shape index (κ2) is 9.29. The van der Waals surface area contributed by atoms with E-state index in [0.717, 1.165) is 5.56 Å². The van der Waals surface area contributed by atoms with Gasteiger partial charge in [-0.05, 0) is 127 Å². The maximum absolute atomic E-state index is 10.1. The van der Waals surface area contributed by atoms with E-state index in [1.54, 1.807) is 12.1 Å². The molecule has 0 unspecified atom stereocenters. The first-order valence-electron chi connectivity index (χ1n) is 16.3. The SMILES string of the molecule is Oc1ccc(-c2c3ccccc3c(-c3cc4c5c(ccc6c7ccc8c9c(ccc(c3c56)c97)COC8)COC4)c3ccccc23)cc1. The minimum absolute atomic E-state index is 0.271. The van der Waals surface area contributed by atoms with E-state index < -0.39 is 0 Å². The molecule has 9 aromatic carbocycles. The number of phenols is 1. The molecule has 0 saturated heterocycles. The first-order chi connectivity index (χ1) is 23.2. The van der Waals surface area contributed by atoms with Gasteiger partial charge in [-0.15, -0.1) is 0 Å². The lowest BCUT2D eigenvalue weighted by Gasteiger charge is -2.27. The number of rotatable bonds is 2. The Morgan fingerprint density at radius 1 is 0.383 bits per heavy atom. The van der Waals surface area contributed by atoms with Crippen LogP contribution in [-0.4, -0.2) is 5.11 Å². The molecule has 222 valence electrons. The lowest BCUT2D eigenvalue weighted by Crippen LogP contribution is -2.07. The monoisotopic (exact) mass is 604 g/mol. The molecule has 0 aromatic heterocycles. The smallest absolute Gasteiger partial charge is 0.115 e. The van der Waals surface area contributed by atoms with Crippen LogP contribution in [0.3, 0.4) is 0 Å². The van der Waals surface area contributed by atoms with Crippen molar-refractivity contribution < 1.29 is 14.6 Å². The van der Waals surface area contributed by atoms with Crippen molar-refractivity contribution in [1.29, 1.82) is 0 Å². The van der Waals surface area contributed by atoms with Crippen LogP contribution in [0, 0.1) is 0 Å². The van der Waals surface area contributed by atoms with Gasteiger partial charge in [-0.2, -0.15) is 0 Å². The molecule has 0 atom stereocenters. The summed E-state index contributed by atoms with van der Waals surface area (Å²) in [7, 11) is 0. The van der Waals surface area contributed by atoms with Crippen LogP contribution < -0.4 is 0 Å². The van der Waals surface area contributed by atoms with Crippen LogP contribution in [0.5, 0.6) is 5.75 Å². The van der Waals surface area contributed by atoms with Crippen molar-refractivity contribution in [3.63, 3.8) is 0 Å². The van der Waals surface area contributed by atoms with Crippen LogP contribution >= 0.6 is 0 Å². The van der Waals surface area contributed by atoms with Gasteiger partial charge >= 0.3 is 0 Å². The molecule has 2 heterocycles. The van der Waals surface area contributed by atoms with Crippen LogP contribution in [0.25, 0.3) is 86.9 Å². The lowest BCUT2D eigenvalue weighted by molar-refractivity contribution is 0.103. The van der Waals surface area contributed by atoms with E-state index in [9.17, 15) is 5.11 Å². The minimum Gasteiger partial charge on any atom is -0.508 e. The fourth-order valence-corrected chi connectivity index (χ4v) is 8.88. The average molecular weight is 605 g/mol. The molecule has 9 aromatic rings. The standard InChI is InChI=1S/C44H28O3/c45-29-14-9-24(10-15-29)40-30-5-1-3-7-32(30)41(33-8-4-2-6-31(33)40)37-19-28-23-47-22-27-12-17-35-34-16-11-25-20-46-21-26-13-18-36(42(34)38(25)26)43(37)44(35)39(27)28/h1-19,45H,20-23H2. The predicted molar refractivity (Wildman–Crippen MR) is 192 cm³/mol. The minimum atomic E-state index is 0.271. The summed E-state index contributed by atoms with van der Waals surface area (Å²) in [6.07, 6.45) is 0. The molecule has 0 bridgehead atoms. The molecule has 2 aliphatic heterocycles. The van der Waals surface area contributed by atoms with Gasteiger partial charge in [0.1, 0.15) is 5.75 Å². The normalized spacial score (nSPS) is 14.4. The number of hydrogen-bond donors (Lipinski definition) is 1. The Kier molecular flexibility index (Phi) is 5.08. The van der Waals surface area contributed by atoms with E-state index in [0.29, 0.717) is 26.4 Å². The molecular formula is C44H28O3. The predicted octanol–water partition coefficient (Wildman–Crippen LogP) is 11.1. The molecule has 1 N–H and O–H groups in total. The third-order valence-corrected chi connectivity index (χ3v) is 10.7. The van der Waals surface area contributed by atoms with E-state index in [-0.39, 0.29) is 5.75 Å². The summed E-state index contributed by atoms with van der Waals surface area (Å²) in [6.45, 7) is 2.52. The summed E-state index contributed by atoms with van der Waals surface area (Å²) in [5.74, 6) is 0.271. The molecule has 0 amide bonds. The van der Waals surface area contributed by atoms with Crippen molar-refractivity contribution in [1.82, 2.24) is 0 Å². The van der Waals surface area contributed by atoms with Crippen LogP contribution in [0.2, 0.25) is 0 Å². The maximum Gasteiger partial charge on any atom is 0.115 e. The van der Waals surface area contributed by atoms with E-state index in [1.807, 2.05) is 12.1 Å². The van der Waals surface area contributed by atoms with Gasteiger partial charge in [0.05, 0.1) is 26.4 Å². The van der Waals surface area contributed by atoms with Gasteiger partial charge in [-0.3, -0.25) is 0 Å². The molecule has 0 aliphatic carbocycles. The molecule has 3 heteroatoms. The second-order valence-electron chi connectivity index (χ2n) is 13.1. The summed E-state index contributed by atoms with van der Waals surface area (Å²) in [5, 5.41) is 25.6. The number of benzene rings is 9. The summed E-state index contributed by atoms with van der Waals surface area (Å²) in [4.78, 5) is 0. The summed E-state index contributed by atoms with van der Waals surface area (Å²) in [6, 6.07) is 41.5. The summed E-state index contributed by atoms with van der Waals surface area (Å²) < 4.78 is 12.2. The third kappa shape index (κ3) is 3.37. The van der Waals surface area contributed by atoms with Gasteiger partial charge in [0, 0.05) is 0 Å².